The van der Waals surface area contributed by atoms with Crippen molar-refractivity contribution in [2.45, 2.75) is 135 Å². The predicted octanol–water partition coefficient (Wildman–Crippen LogP) is 4.75. The molecule has 8 unspecified atom stereocenters. The van der Waals surface area contributed by atoms with Crippen molar-refractivity contribution >= 4 is 5.90 Å². The molecule has 6 heteroatoms. The minimum atomic E-state index is -1.24. The van der Waals surface area contributed by atoms with E-state index in [-0.39, 0.29) is 29.0 Å². The number of hydrogen-bond acceptors (Lipinski definition) is 6. The molecule has 5 saturated carbocycles. The van der Waals surface area contributed by atoms with Crippen LogP contribution in [-0.2, 0) is 9.47 Å². The van der Waals surface area contributed by atoms with E-state index >= 15 is 0 Å². The zero-order chi connectivity index (χ0) is 26.4. The molecule has 6 fully saturated rings. The molecule has 3 spiro atoms. The van der Waals surface area contributed by atoms with Gasteiger partial charge in [0.1, 0.15) is 6.10 Å². The monoisotopic (exact) mass is 513 g/mol. The zero-order valence-electron chi connectivity index (χ0n) is 23.6. The summed E-state index contributed by atoms with van der Waals surface area (Å²) in [5.74, 6) is 2.00. The quantitative estimate of drug-likeness (QED) is 0.464. The summed E-state index contributed by atoms with van der Waals surface area (Å²) in [6.45, 7) is 12.4. The van der Waals surface area contributed by atoms with E-state index in [9.17, 15) is 15.3 Å². The van der Waals surface area contributed by atoms with Gasteiger partial charge in [-0.2, -0.15) is 0 Å². The minimum absolute atomic E-state index is 0.0384. The van der Waals surface area contributed by atoms with Gasteiger partial charge in [0, 0.05) is 18.3 Å². The Morgan fingerprint density at radius 1 is 1.03 bits per heavy atom. The Labute approximate surface area is 221 Å². The largest absolute Gasteiger partial charge is 0.472 e. The van der Waals surface area contributed by atoms with Crippen molar-refractivity contribution in [3.63, 3.8) is 0 Å². The lowest BCUT2D eigenvalue weighted by molar-refractivity contribution is -0.228. The standard InChI is InChI=1S/C31H47NO5/c1-7-18-19-8-10-23-28(6)25-31(32-17(2)36-25)22(11-9-21(37-31)24(34)26(3,4)35)27(28,5)14-15-30(23)16-29(19,30)13-12-20(18)33/h7,19-25,33-35H,8-16H2,1-6H3/b18-7+/t19-,20?,21?,22+,23?,24-,25?,27?,28+,29?,30?,31?/m0/s1. The third kappa shape index (κ3) is 2.66. The third-order valence-corrected chi connectivity index (χ3v) is 13.6. The topological polar surface area (TPSA) is 91.5 Å². The van der Waals surface area contributed by atoms with Crippen molar-refractivity contribution in [3.05, 3.63) is 11.6 Å². The zero-order valence-corrected chi connectivity index (χ0v) is 23.6. The number of hydrogen-bond donors (Lipinski definition) is 3. The van der Waals surface area contributed by atoms with E-state index in [4.69, 9.17) is 14.5 Å². The Morgan fingerprint density at radius 3 is 2.46 bits per heavy atom. The van der Waals surface area contributed by atoms with Crippen LogP contribution in [0.2, 0.25) is 0 Å². The number of aliphatic hydroxyl groups is 3. The fourth-order valence-electron chi connectivity index (χ4n) is 12.0. The second-order valence-corrected chi connectivity index (χ2v) is 15.0. The van der Waals surface area contributed by atoms with Gasteiger partial charge in [-0.1, -0.05) is 19.9 Å². The third-order valence-electron chi connectivity index (χ3n) is 13.6. The van der Waals surface area contributed by atoms with Crippen LogP contribution in [0.3, 0.4) is 0 Å². The van der Waals surface area contributed by atoms with E-state index in [0.717, 1.165) is 38.5 Å². The van der Waals surface area contributed by atoms with Gasteiger partial charge in [-0.3, -0.25) is 0 Å². The second-order valence-electron chi connectivity index (χ2n) is 15.0. The molecular formula is C31H47NO5. The van der Waals surface area contributed by atoms with E-state index in [1.54, 1.807) is 13.8 Å². The number of ether oxygens (including phenoxy) is 2. The van der Waals surface area contributed by atoms with Crippen molar-refractivity contribution in [3.8, 4) is 0 Å². The molecule has 2 aliphatic heterocycles. The first kappa shape index (κ1) is 25.0. The summed E-state index contributed by atoms with van der Waals surface area (Å²) >= 11 is 0. The summed E-state index contributed by atoms with van der Waals surface area (Å²) in [6, 6.07) is 0. The minimum Gasteiger partial charge on any atom is -0.472 e. The Bertz CT molecular complexity index is 1080. The van der Waals surface area contributed by atoms with Gasteiger partial charge >= 0.3 is 0 Å². The SMILES string of the molecule is C/C=C1/C(O)CCC23CC24CCC2(C)[C@H]5CCC([C@H](O)C(C)(C)O)OC56N=C(C)OC6[C@@]2(C)C4CC[C@@H]13. The number of aliphatic imine (C=N–C) groups is 1. The molecule has 0 bridgehead atoms. The maximum Gasteiger partial charge on any atom is 0.203 e. The average molecular weight is 514 g/mol. The Hall–Kier alpha value is -0.950. The highest BCUT2D eigenvalue weighted by atomic mass is 16.6. The van der Waals surface area contributed by atoms with Gasteiger partial charge in [-0.25, -0.2) is 4.99 Å². The van der Waals surface area contributed by atoms with E-state index < -0.39 is 23.5 Å². The molecule has 7 rings (SSSR count). The van der Waals surface area contributed by atoms with Crippen LogP contribution in [0.4, 0.5) is 0 Å². The normalized spacial score (nSPS) is 57.6. The van der Waals surface area contributed by atoms with Gasteiger partial charge in [-0.15, -0.1) is 0 Å². The lowest BCUT2D eigenvalue weighted by atomic mass is 9.43. The lowest BCUT2D eigenvalue weighted by Crippen LogP contribution is -2.58. The average Bonchev–Trinajstić information content (AvgIpc) is 3.35. The van der Waals surface area contributed by atoms with E-state index in [0.29, 0.717) is 28.6 Å². The van der Waals surface area contributed by atoms with Gasteiger partial charge < -0.3 is 24.8 Å². The van der Waals surface area contributed by atoms with E-state index in [1.807, 2.05) is 6.92 Å². The van der Waals surface area contributed by atoms with Crippen LogP contribution in [0.1, 0.15) is 99.3 Å². The maximum absolute atomic E-state index is 11.0. The molecular weight excluding hydrogens is 466 g/mol. The molecule has 37 heavy (non-hydrogen) atoms. The number of rotatable bonds is 2. The van der Waals surface area contributed by atoms with Crippen LogP contribution in [-0.4, -0.2) is 57.0 Å². The Morgan fingerprint density at radius 2 is 1.76 bits per heavy atom. The van der Waals surface area contributed by atoms with Crippen molar-refractivity contribution in [2.75, 3.05) is 0 Å². The van der Waals surface area contributed by atoms with Gasteiger partial charge in [-0.05, 0) is 112 Å². The summed E-state index contributed by atoms with van der Waals surface area (Å²) in [6.07, 6.45) is 10.1. The number of allylic oxidation sites excluding steroid dienone is 1. The molecule has 0 aromatic heterocycles. The first-order valence-electron chi connectivity index (χ1n) is 15.0. The number of aliphatic hydroxyl groups excluding tert-OH is 2. The summed E-state index contributed by atoms with van der Waals surface area (Å²) in [5, 5.41) is 32.5. The molecule has 12 atom stereocenters. The van der Waals surface area contributed by atoms with Gasteiger partial charge in [0.15, 0.2) is 12.0 Å². The molecule has 1 saturated heterocycles. The summed E-state index contributed by atoms with van der Waals surface area (Å²) in [7, 11) is 0. The summed E-state index contributed by atoms with van der Waals surface area (Å²) in [5.41, 5.74) is -0.122. The molecule has 5 aliphatic carbocycles. The van der Waals surface area contributed by atoms with E-state index in [2.05, 4.69) is 26.8 Å². The molecule has 7 aliphatic rings. The summed E-state index contributed by atoms with van der Waals surface area (Å²) in [4.78, 5) is 5.16. The van der Waals surface area contributed by atoms with E-state index in [1.165, 1.54) is 24.8 Å². The molecule has 2 heterocycles. The number of fused-ring (bicyclic) bond motifs is 4. The fourth-order valence-corrected chi connectivity index (χ4v) is 12.0. The van der Waals surface area contributed by atoms with Gasteiger partial charge in [0.2, 0.25) is 5.72 Å². The first-order valence-corrected chi connectivity index (χ1v) is 15.0. The van der Waals surface area contributed by atoms with Crippen molar-refractivity contribution in [1.82, 2.24) is 0 Å². The Balaban J connectivity index is 1.30. The summed E-state index contributed by atoms with van der Waals surface area (Å²) < 4.78 is 13.6. The van der Waals surface area contributed by atoms with Crippen LogP contribution in [0.15, 0.2) is 16.6 Å². The second kappa shape index (κ2) is 7.21. The number of nitrogens with zero attached hydrogens (tertiary/aromatic N) is 1. The highest BCUT2D eigenvalue weighted by molar-refractivity contribution is 5.76. The van der Waals surface area contributed by atoms with Crippen molar-refractivity contribution in [2.24, 2.45) is 44.4 Å². The first-order chi connectivity index (χ1) is 17.3. The molecule has 6 nitrogen and oxygen atoms in total. The van der Waals surface area contributed by atoms with Crippen LogP contribution in [0.5, 0.6) is 0 Å². The predicted molar refractivity (Wildman–Crippen MR) is 141 cm³/mol. The molecule has 3 N–H and O–H groups in total. The molecule has 0 aromatic rings. The smallest absolute Gasteiger partial charge is 0.203 e. The molecule has 0 radical (unpaired) electrons. The van der Waals surface area contributed by atoms with Crippen LogP contribution in [0.25, 0.3) is 0 Å². The van der Waals surface area contributed by atoms with Gasteiger partial charge in [0.05, 0.1) is 17.8 Å². The Kier molecular flexibility index (Phi) is 4.88. The van der Waals surface area contributed by atoms with Crippen LogP contribution < -0.4 is 0 Å². The van der Waals surface area contributed by atoms with Gasteiger partial charge in [0.25, 0.3) is 0 Å². The highest BCUT2D eigenvalue weighted by Gasteiger charge is 2.87. The van der Waals surface area contributed by atoms with Crippen molar-refractivity contribution < 1.29 is 24.8 Å². The lowest BCUT2D eigenvalue weighted by Gasteiger charge is -2.61. The molecule has 206 valence electrons. The maximum atomic E-state index is 11.0. The fraction of sp³-hybridized carbons (Fsp3) is 0.903. The highest BCUT2D eigenvalue weighted by Crippen LogP contribution is 2.89. The molecule has 0 amide bonds. The molecule has 0 aromatic carbocycles. The van der Waals surface area contributed by atoms with Crippen molar-refractivity contribution in [1.29, 1.82) is 0 Å². The van der Waals surface area contributed by atoms with Crippen LogP contribution in [0, 0.1) is 39.4 Å². The van der Waals surface area contributed by atoms with Crippen LogP contribution >= 0.6 is 0 Å².